The number of nitrogens with zero attached hydrogens (tertiary/aromatic N) is 1. The Labute approximate surface area is 145 Å². The first-order valence-electron chi connectivity index (χ1n) is 8.56. The first-order chi connectivity index (χ1) is 11.8. The third kappa shape index (κ3) is 3.12. The zero-order valence-corrected chi connectivity index (χ0v) is 14.4. The summed E-state index contributed by atoms with van der Waals surface area (Å²) in [5.41, 5.74) is 0.792. The molecule has 0 aliphatic heterocycles. The lowest BCUT2D eigenvalue weighted by atomic mass is 9.76. The number of halogens is 3. The molecule has 1 saturated carbocycles. The van der Waals surface area contributed by atoms with Crippen LogP contribution in [0.5, 0.6) is 0 Å². The Balaban J connectivity index is 2.19. The standard InChI is InChI=1S/C20H22F3NO/c1-14-6-5-7-16(12-14)18(19(13-25)9-3-4-10-19)24-11-8-17(15(24)2)20(21,22)23/h5-8,11-13,18H,3-4,9-10H2,1-2H3. The van der Waals surface area contributed by atoms with Crippen LogP contribution in [0.4, 0.5) is 13.2 Å². The largest absolute Gasteiger partial charge is 0.418 e. The molecule has 1 fully saturated rings. The highest BCUT2D eigenvalue weighted by Crippen LogP contribution is 2.49. The van der Waals surface area contributed by atoms with Crippen molar-refractivity contribution in [1.29, 1.82) is 0 Å². The third-order valence-corrected chi connectivity index (χ3v) is 5.43. The number of rotatable bonds is 4. The quantitative estimate of drug-likeness (QED) is 0.671. The van der Waals surface area contributed by atoms with Crippen LogP contribution in [-0.2, 0) is 11.0 Å². The summed E-state index contributed by atoms with van der Waals surface area (Å²) in [5.74, 6) is 0. The molecule has 3 rings (SSSR count). The van der Waals surface area contributed by atoms with Crippen molar-refractivity contribution in [3.05, 3.63) is 58.9 Å². The van der Waals surface area contributed by atoms with Crippen LogP contribution >= 0.6 is 0 Å². The van der Waals surface area contributed by atoms with E-state index >= 15 is 0 Å². The van der Waals surface area contributed by atoms with E-state index in [2.05, 4.69) is 0 Å². The number of carbonyl (C=O) groups excluding carboxylic acids is 1. The topological polar surface area (TPSA) is 22.0 Å². The van der Waals surface area contributed by atoms with Gasteiger partial charge in [0.25, 0.3) is 0 Å². The fourth-order valence-electron chi connectivity index (χ4n) is 4.20. The molecule has 1 aliphatic rings. The molecule has 5 heteroatoms. The van der Waals surface area contributed by atoms with Crippen molar-refractivity contribution in [3.63, 3.8) is 0 Å². The lowest BCUT2D eigenvalue weighted by molar-refractivity contribution is -0.138. The summed E-state index contributed by atoms with van der Waals surface area (Å²) in [6.07, 6.45) is 1.31. The Morgan fingerprint density at radius 3 is 2.36 bits per heavy atom. The van der Waals surface area contributed by atoms with E-state index in [1.54, 1.807) is 4.57 Å². The molecule has 25 heavy (non-hydrogen) atoms. The first-order valence-corrected chi connectivity index (χ1v) is 8.56. The summed E-state index contributed by atoms with van der Waals surface area (Å²) in [4.78, 5) is 12.1. The smallest absolute Gasteiger partial charge is 0.343 e. The molecule has 2 aromatic rings. The van der Waals surface area contributed by atoms with E-state index in [1.165, 1.54) is 13.1 Å². The number of hydrogen-bond donors (Lipinski definition) is 0. The zero-order valence-electron chi connectivity index (χ0n) is 14.4. The van der Waals surface area contributed by atoms with Crippen molar-refractivity contribution in [2.24, 2.45) is 5.41 Å². The minimum Gasteiger partial charge on any atom is -0.343 e. The maximum Gasteiger partial charge on any atom is 0.418 e. The summed E-state index contributed by atoms with van der Waals surface area (Å²) >= 11 is 0. The van der Waals surface area contributed by atoms with Crippen LogP contribution in [0.1, 0.15) is 54.1 Å². The molecule has 0 N–H and O–H groups in total. The van der Waals surface area contributed by atoms with Gasteiger partial charge in [0.15, 0.2) is 0 Å². The minimum atomic E-state index is -4.39. The fourth-order valence-corrected chi connectivity index (χ4v) is 4.20. The van der Waals surface area contributed by atoms with Gasteiger partial charge in [0.2, 0.25) is 0 Å². The van der Waals surface area contributed by atoms with Gasteiger partial charge in [-0.15, -0.1) is 0 Å². The van der Waals surface area contributed by atoms with Gasteiger partial charge in [-0.05, 0) is 38.3 Å². The lowest BCUT2D eigenvalue weighted by Gasteiger charge is -2.35. The number of carbonyl (C=O) groups is 1. The third-order valence-electron chi connectivity index (χ3n) is 5.43. The Bertz CT molecular complexity index is 769. The van der Waals surface area contributed by atoms with Crippen LogP contribution in [0.3, 0.4) is 0 Å². The van der Waals surface area contributed by atoms with Gasteiger partial charge in [-0.2, -0.15) is 13.2 Å². The summed E-state index contributed by atoms with van der Waals surface area (Å²) in [5, 5.41) is 0. The molecule has 1 unspecified atom stereocenters. The monoisotopic (exact) mass is 349 g/mol. The van der Waals surface area contributed by atoms with Gasteiger partial charge in [-0.1, -0.05) is 42.7 Å². The second-order valence-electron chi connectivity index (χ2n) is 7.09. The predicted molar refractivity (Wildman–Crippen MR) is 90.5 cm³/mol. The molecule has 0 amide bonds. The van der Waals surface area contributed by atoms with E-state index in [-0.39, 0.29) is 5.69 Å². The highest BCUT2D eigenvalue weighted by molar-refractivity contribution is 5.63. The second kappa shape index (κ2) is 6.36. The van der Waals surface area contributed by atoms with Crippen LogP contribution in [0.2, 0.25) is 0 Å². The van der Waals surface area contributed by atoms with E-state index in [4.69, 9.17) is 0 Å². The van der Waals surface area contributed by atoms with E-state index in [1.807, 2.05) is 31.2 Å². The van der Waals surface area contributed by atoms with Crippen molar-refractivity contribution in [2.45, 2.75) is 51.7 Å². The molecule has 1 aromatic heterocycles. The molecular weight excluding hydrogens is 327 g/mol. The molecule has 0 bridgehead atoms. The van der Waals surface area contributed by atoms with Crippen molar-refractivity contribution in [1.82, 2.24) is 4.57 Å². The fraction of sp³-hybridized carbons (Fsp3) is 0.450. The summed E-state index contributed by atoms with van der Waals surface area (Å²) < 4.78 is 41.4. The molecule has 0 radical (unpaired) electrons. The van der Waals surface area contributed by atoms with E-state index in [0.717, 1.165) is 36.3 Å². The van der Waals surface area contributed by atoms with Crippen LogP contribution in [0.15, 0.2) is 36.5 Å². The van der Waals surface area contributed by atoms with E-state index < -0.39 is 23.2 Å². The number of aryl methyl sites for hydroxylation is 1. The first kappa shape index (κ1) is 17.8. The molecule has 1 aromatic carbocycles. The van der Waals surface area contributed by atoms with Crippen LogP contribution in [-0.4, -0.2) is 10.9 Å². The second-order valence-corrected chi connectivity index (χ2v) is 7.09. The van der Waals surface area contributed by atoms with E-state index in [9.17, 15) is 18.0 Å². The van der Waals surface area contributed by atoms with Crippen molar-refractivity contribution in [2.75, 3.05) is 0 Å². The van der Waals surface area contributed by atoms with Crippen molar-refractivity contribution < 1.29 is 18.0 Å². The predicted octanol–water partition coefficient (Wildman–Crippen LogP) is 5.47. The number of benzene rings is 1. The Morgan fingerprint density at radius 2 is 1.84 bits per heavy atom. The highest BCUT2D eigenvalue weighted by Gasteiger charge is 2.45. The van der Waals surface area contributed by atoms with Gasteiger partial charge in [0.1, 0.15) is 6.29 Å². The molecule has 0 saturated heterocycles. The zero-order chi connectivity index (χ0) is 18.2. The van der Waals surface area contributed by atoms with Crippen LogP contribution in [0.25, 0.3) is 0 Å². The number of hydrogen-bond acceptors (Lipinski definition) is 1. The maximum atomic E-state index is 13.3. The van der Waals surface area contributed by atoms with Crippen LogP contribution in [0, 0.1) is 19.3 Å². The van der Waals surface area contributed by atoms with Crippen molar-refractivity contribution in [3.8, 4) is 0 Å². The average molecular weight is 349 g/mol. The Hall–Kier alpha value is -2.04. The molecule has 1 heterocycles. The maximum absolute atomic E-state index is 13.3. The average Bonchev–Trinajstić information content (AvgIpc) is 3.16. The van der Waals surface area contributed by atoms with E-state index in [0.29, 0.717) is 12.8 Å². The van der Waals surface area contributed by atoms with Gasteiger partial charge in [-0.3, -0.25) is 0 Å². The van der Waals surface area contributed by atoms with Gasteiger partial charge in [0, 0.05) is 11.9 Å². The molecular formula is C20H22F3NO. The van der Waals surface area contributed by atoms with Gasteiger partial charge < -0.3 is 9.36 Å². The molecule has 134 valence electrons. The minimum absolute atomic E-state index is 0.159. The summed E-state index contributed by atoms with van der Waals surface area (Å²) in [6, 6.07) is 8.44. The Kier molecular flexibility index (Phi) is 4.52. The highest BCUT2D eigenvalue weighted by atomic mass is 19.4. The number of aldehydes is 1. The van der Waals surface area contributed by atoms with Gasteiger partial charge in [-0.25, -0.2) is 0 Å². The Morgan fingerprint density at radius 1 is 1.16 bits per heavy atom. The SMILES string of the molecule is Cc1cccc(C(n2ccc(C(F)(F)F)c2C)C2(C=O)CCCC2)c1. The lowest BCUT2D eigenvalue weighted by Crippen LogP contribution is -2.33. The molecule has 2 nitrogen and oxygen atoms in total. The van der Waals surface area contributed by atoms with Crippen LogP contribution < -0.4 is 0 Å². The van der Waals surface area contributed by atoms with Gasteiger partial charge in [0.05, 0.1) is 17.0 Å². The summed E-state index contributed by atoms with van der Waals surface area (Å²) in [7, 11) is 0. The normalized spacial score (nSPS) is 18.3. The summed E-state index contributed by atoms with van der Waals surface area (Å²) in [6.45, 7) is 3.44. The molecule has 1 aliphatic carbocycles. The van der Waals surface area contributed by atoms with Crippen molar-refractivity contribution >= 4 is 6.29 Å². The van der Waals surface area contributed by atoms with Gasteiger partial charge >= 0.3 is 6.18 Å². The molecule has 1 atom stereocenters. The molecule has 0 spiro atoms. The number of aromatic nitrogens is 1. The number of alkyl halides is 3.